The Hall–Kier alpha value is -0.730. The van der Waals surface area contributed by atoms with E-state index in [1.54, 1.807) is 4.90 Å². The fraction of sp³-hybridized carbons (Fsp3) is 0.917. The lowest BCUT2D eigenvalue weighted by Crippen LogP contribution is -2.38. The van der Waals surface area contributed by atoms with Gasteiger partial charge in [0.1, 0.15) is 0 Å². The minimum atomic E-state index is -0.184. The van der Waals surface area contributed by atoms with Crippen LogP contribution in [0.3, 0.4) is 0 Å². The van der Waals surface area contributed by atoms with Gasteiger partial charge in [0.05, 0.1) is 7.11 Å². The molecule has 1 unspecified atom stereocenters. The molecule has 3 heteroatoms. The normalized spacial score (nSPS) is 19.1. The van der Waals surface area contributed by atoms with Crippen molar-refractivity contribution in [1.82, 2.24) is 4.90 Å². The Balaban J connectivity index is 0. The van der Waals surface area contributed by atoms with Crippen molar-refractivity contribution < 1.29 is 9.53 Å². The molecule has 1 fully saturated rings. The fourth-order valence-corrected chi connectivity index (χ4v) is 1.48. The van der Waals surface area contributed by atoms with E-state index in [9.17, 15) is 4.79 Å². The first-order valence-electron chi connectivity index (χ1n) is 6.07. The Bertz CT molecular complexity index is 149. The van der Waals surface area contributed by atoms with Gasteiger partial charge in [-0.25, -0.2) is 4.79 Å². The molecule has 0 N–H and O–H groups in total. The van der Waals surface area contributed by atoms with E-state index in [1.807, 2.05) is 27.7 Å². The van der Waals surface area contributed by atoms with Crippen molar-refractivity contribution in [2.24, 2.45) is 5.92 Å². The van der Waals surface area contributed by atoms with E-state index in [0.717, 1.165) is 19.5 Å². The average molecular weight is 217 g/mol. The maximum Gasteiger partial charge on any atom is 0.409 e. The van der Waals surface area contributed by atoms with Crippen molar-refractivity contribution in [3.05, 3.63) is 0 Å². The van der Waals surface area contributed by atoms with Gasteiger partial charge in [-0.2, -0.15) is 0 Å². The van der Waals surface area contributed by atoms with E-state index in [2.05, 4.69) is 11.7 Å². The van der Waals surface area contributed by atoms with Crippen LogP contribution in [0.1, 0.15) is 47.5 Å². The van der Waals surface area contributed by atoms with Crippen LogP contribution in [0.4, 0.5) is 4.79 Å². The summed E-state index contributed by atoms with van der Waals surface area (Å²) in [5.74, 6) is 0.628. The van der Waals surface area contributed by atoms with Gasteiger partial charge in [-0.3, -0.25) is 0 Å². The van der Waals surface area contributed by atoms with Gasteiger partial charge < -0.3 is 9.64 Å². The number of rotatable bonds is 0. The number of hydrogen-bond donors (Lipinski definition) is 0. The lowest BCUT2D eigenvalue weighted by Gasteiger charge is -2.29. The molecule has 0 saturated carbocycles. The molecule has 0 bridgehead atoms. The summed E-state index contributed by atoms with van der Waals surface area (Å²) in [6.07, 6.45) is 2.15. The molecule has 0 radical (unpaired) electrons. The zero-order valence-electron chi connectivity index (χ0n) is 11.2. The number of hydrogen-bond acceptors (Lipinski definition) is 2. The highest BCUT2D eigenvalue weighted by molar-refractivity contribution is 5.67. The number of nitrogens with zero attached hydrogens (tertiary/aromatic N) is 1. The van der Waals surface area contributed by atoms with Gasteiger partial charge in [-0.15, -0.1) is 0 Å². The lowest BCUT2D eigenvalue weighted by atomic mass is 10.0. The molecule has 92 valence electrons. The summed E-state index contributed by atoms with van der Waals surface area (Å²) >= 11 is 0. The first-order valence-corrected chi connectivity index (χ1v) is 6.07. The molecule has 1 aliphatic heterocycles. The van der Waals surface area contributed by atoms with Crippen LogP contribution in [-0.4, -0.2) is 31.2 Å². The standard InChI is InChI=1S/C8H15NO2.2C2H6/c1-7-4-3-5-9(6-7)8(10)11-2;2*1-2/h7H,3-6H2,1-2H3;2*1-2H3. The lowest BCUT2D eigenvalue weighted by molar-refractivity contribution is 0.105. The van der Waals surface area contributed by atoms with Crippen LogP contribution >= 0.6 is 0 Å². The minimum absolute atomic E-state index is 0.184. The summed E-state index contributed by atoms with van der Waals surface area (Å²) in [6, 6.07) is 0. The third-order valence-corrected chi connectivity index (χ3v) is 2.09. The van der Waals surface area contributed by atoms with Crippen molar-refractivity contribution in [3.63, 3.8) is 0 Å². The molecule has 3 nitrogen and oxygen atoms in total. The van der Waals surface area contributed by atoms with Crippen LogP contribution in [-0.2, 0) is 4.74 Å². The second kappa shape index (κ2) is 11.3. The minimum Gasteiger partial charge on any atom is -0.453 e. The Labute approximate surface area is 94.8 Å². The molecular weight excluding hydrogens is 190 g/mol. The Morgan fingerprint density at radius 2 is 1.80 bits per heavy atom. The van der Waals surface area contributed by atoms with Crippen LogP contribution in [0.5, 0.6) is 0 Å². The van der Waals surface area contributed by atoms with Crippen LogP contribution in [0.2, 0.25) is 0 Å². The molecule has 1 amide bonds. The van der Waals surface area contributed by atoms with Crippen molar-refractivity contribution in [2.75, 3.05) is 20.2 Å². The fourth-order valence-electron chi connectivity index (χ4n) is 1.48. The summed E-state index contributed by atoms with van der Waals surface area (Å²) in [6.45, 7) is 11.9. The van der Waals surface area contributed by atoms with E-state index >= 15 is 0 Å². The third kappa shape index (κ3) is 7.23. The second-order valence-electron chi connectivity index (χ2n) is 3.16. The number of likely N-dealkylation sites (tertiary alicyclic amines) is 1. The zero-order chi connectivity index (χ0) is 12.3. The van der Waals surface area contributed by atoms with Crippen LogP contribution in [0, 0.1) is 5.92 Å². The SMILES string of the molecule is CC.CC.COC(=O)N1CCCC(C)C1. The molecule has 1 rings (SSSR count). The molecule has 0 aromatic heterocycles. The van der Waals surface area contributed by atoms with Crippen LogP contribution in [0.25, 0.3) is 0 Å². The number of ether oxygens (including phenoxy) is 1. The smallest absolute Gasteiger partial charge is 0.409 e. The van der Waals surface area contributed by atoms with Crippen molar-refractivity contribution in [1.29, 1.82) is 0 Å². The monoisotopic (exact) mass is 217 g/mol. The topological polar surface area (TPSA) is 29.5 Å². The van der Waals surface area contributed by atoms with Gasteiger partial charge >= 0.3 is 6.09 Å². The molecular formula is C12H27NO2. The first kappa shape index (κ1) is 16.7. The number of carbonyl (C=O) groups is 1. The van der Waals surface area contributed by atoms with Gasteiger partial charge in [0.15, 0.2) is 0 Å². The average Bonchev–Trinajstić information content (AvgIpc) is 2.33. The zero-order valence-corrected chi connectivity index (χ0v) is 11.2. The molecule has 0 aromatic rings. The molecule has 0 aliphatic carbocycles. The number of piperidine rings is 1. The van der Waals surface area contributed by atoms with E-state index < -0.39 is 0 Å². The quantitative estimate of drug-likeness (QED) is 0.621. The van der Waals surface area contributed by atoms with Gasteiger partial charge in [0.2, 0.25) is 0 Å². The first-order chi connectivity index (χ1) is 7.24. The van der Waals surface area contributed by atoms with Crippen molar-refractivity contribution >= 4 is 6.09 Å². The molecule has 1 aliphatic rings. The summed E-state index contributed by atoms with van der Waals surface area (Å²) in [7, 11) is 1.43. The Morgan fingerprint density at radius 1 is 1.27 bits per heavy atom. The summed E-state index contributed by atoms with van der Waals surface area (Å²) in [5.41, 5.74) is 0. The van der Waals surface area contributed by atoms with E-state index in [4.69, 9.17) is 0 Å². The number of amides is 1. The van der Waals surface area contributed by atoms with Gasteiger partial charge in [0.25, 0.3) is 0 Å². The third-order valence-electron chi connectivity index (χ3n) is 2.09. The molecule has 1 heterocycles. The molecule has 0 aromatic carbocycles. The summed E-state index contributed by atoms with van der Waals surface area (Å²) < 4.78 is 4.62. The molecule has 15 heavy (non-hydrogen) atoms. The van der Waals surface area contributed by atoms with Gasteiger partial charge in [-0.05, 0) is 18.8 Å². The Kier molecular flexibility index (Phi) is 12.6. The highest BCUT2D eigenvalue weighted by Gasteiger charge is 2.20. The van der Waals surface area contributed by atoms with Crippen LogP contribution < -0.4 is 0 Å². The largest absolute Gasteiger partial charge is 0.453 e. The van der Waals surface area contributed by atoms with Crippen molar-refractivity contribution in [3.8, 4) is 0 Å². The maximum atomic E-state index is 11.0. The second-order valence-corrected chi connectivity index (χ2v) is 3.16. The van der Waals surface area contributed by atoms with Crippen molar-refractivity contribution in [2.45, 2.75) is 47.5 Å². The molecule has 0 spiro atoms. The van der Waals surface area contributed by atoms with Crippen LogP contribution in [0.15, 0.2) is 0 Å². The number of methoxy groups -OCH3 is 1. The summed E-state index contributed by atoms with van der Waals surface area (Å²) in [5, 5.41) is 0. The van der Waals surface area contributed by atoms with E-state index in [-0.39, 0.29) is 6.09 Å². The predicted octanol–water partition coefficient (Wildman–Crippen LogP) is 3.54. The Morgan fingerprint density at radius 3 is 2.20 bits per heavy atom. The van der Waals surface area contributed by atoms with E-state index in [1.165, 1.54) is 13.5 Å². The van der Waals surface area contributed by atoms with Gasteiger partial charge in [0, 0.05) is 13.1 Å². The number of carbonyl (C=O) groups excluding carboxylic acids is 1. The molecule has 1 atom stereocenters. The van der Waals surface area contributed by atoms with E-state index in [0.29, 0.717) is 5.92 Å². The molecule has 1 saturated heterocycles. The maximum absolute atomic E-state index is 11.0. The van der Waals surface area contributed by atoms with Gasteiger partial charge in [-0.1, -0.05) is 34.6 Å². The summed E-state index contributed by atoms with van der Waals surface area (Å²) in [4.78, 5) is 12.8. The highest BCUT2D eigenvalue weighted by atomic mass is 16.5. The predicted molar refractivity (Wildman–Crippen MR) is 65.1 cm³/mol. The highest BCUT2D eigenvalue weighted by Crippen LogP contribution is 2.15.